The van der Waals surface area contributed by atoms with Crippen LogP contribution in [-0.2, 0) is 6.42 Å². The summed E-state index contributed by atoms with van der Waals surface area (Å²) in [6.07, 6.45) is 1.75. The van der Waals surface area contributed by atoms with Crippen molar-refractivity contribution in [2.75, 3.05) is 11.9 Å². The highest BCUT2D eigenvalue weighted by molar-refractivity contribution is 5.92. The van der Waals surface area contributed by atoms with Crippen molar-refractivity contribution in [2.45, 2.75) is 26.7 Å². The lowest BCUT2D eigenvalue weighted by Crippen LogP contribution is -2.23. The summed E-state index contributed by atoms with van der Waals surface area (Å²) in [5.74, 6) is 1.44. The Morgan fingerprint density at radius 2 is 2.00 bits per heavy atom. The minimum absolute atomic E-state index is 0.447. The Morgan fingerprint density at radius 3 is 2.79 bits per heavy atom. The van der Waals surface area contributed by atoms with E-state index in [4.69, 9.17) is 5.73 Å². The number of aromatic nitrogens is 2. The summed E-state index contributed by atoms with van der Waals surface area (Å²) in [5, 5.41) is 3.13. The number of aliphatic imine (C=N–C) groups is 1. The van der Waals surface area contributed by atoms with E-state index in [1.165, 1.54) is 11.1 Å². The summed E-state index contributed by atoms with van der Waals surface area (Å²) in [5.41, 5.74) is 11.5. The lowest BCUT2D eigenvalue weighted by Gasteiger charge is -2.08. The molecule has 5 nitrogen and oxygen atoms in total. The van der Waals surface area contributed by atoms with Crippen LogP contribution in [0.2, 0.25) is 0 Å². The largest absolute Gasteiger partial charge is 0.370 e. The first-order valence-corrected chi connectivity index (χ1v) is 8.19. The number of fused-ring (bicyclic) bond motifs is 1. The molecule has 4 N–H and O–H groups in total. The second kappa shape index (κ2) is 7.17. The number of nitrogens with two attached hydrogens (primary N) is 1. The van der Waals surface area contributed by atoms with Crippen molar-refractivity contribution in [3.63, 3.8) is 0 Å². The van der Waals surface area contributed by atoms with Crippen LogP contribution in [0.5, 0.6) is 0 Å². The van der Waals surface area contributed by atoms with Gasteiger partial charge in [0.2, 0.25) is 0 Å². The maximum absolute atomic E-state index is 5.95. The number of guanidine groups is 1. The van der Waals surface area contributed by atoms with Crippen LogP contribution in [0.25, 0.3) is 11.0 Å². The van der Waals surface area contributed by atoms with Gasteiger partial charge in [0, 0.05) is 18.7 Å². The van der Waals surface area contributed by atoms with Gasteiger partial charge in [0.25, 0.3) is 0 Å². The Kier molecular flexibility index (Phi) is 4.79. The fraction of sp³-hybridized carbons (Fsp3) is 0.263. The van der Waals surface area contributed by atoms with Gasteiger partial charge in [-0.3, -0.25) is 4.99 Å². The molecule has 0 saturated heterocycles. The normalized spacial score (nSPS) is 11.8. The number of aromatic amines is 1. The van der Waals surface area contributed by atoms with E-state index in [0.29, 0.717) is 12.5 Å². The standard InChI is InChI=1S/C19H23N5/c1-13-9-10-15(12-14(13)2)22-19(20)21-11-5-8-18-23-16-6-3-4-7-17(16)24-18/h3-4,6-7,9-10,12H,5,8,11H2,1-2H3,(H,23,24)(H3,20,21,22). The number of nitrogens with zero attached hydrogens (tertiary/aromatic N) is 2. The molecule has 124 valence electrons. The number of benzene rings is 2. The Morgan fingerprint density at radius 1 is 1.17 bits per heavy atom. The first-order chi connectivity index (χ1) is 11.6. The van der Waals surface area contributed by atoms with Gasteiger partial charge < -0.3 is 16.0 Å². The third-order valence-corrected chi connectivity index (χ3v) is 4.07. The second-order valence-electron chi connectivity index (χ2n) is 6.00. The quantitative estimate of drug-likeness (QED) is 0.382. The summed E-state index contributed by atoms with van der Waals surface area (Å²) < 4.78 is 0. The maximum atomic E-state index is 5.95. The molecule has 5 heteroatoms. The van der Waals surface area contributed by atoms with Gasteiger partial charge in [-0.1, -0.05) is 18.2 Å². The van der Waals surface area contributed by atoms with Crippen molar-refractivity contribution in [3.05, 3.63) is 59.4 Å². The van der Waals surface area contributed by atoms with Crippen molar-refractivity contribution in [1.82, 2.24) is 9.97 Å². The molecule has 0 amide bonds. The molecule has 2 aromatic carbocycles. The lowest BCUT2D eigenvalue weighted by molar-refractivity contribution is 0.796. The molecule has 0 spiro atoms. The van der Waals surface area contributed by atoms with E-state index >= 15 is 0 Å². The number of nitrogens with one attached hydrogen (secondary N) is 2. The Bertz CT molecular complexity index is 830. The van der Waals surface area contributed by atoms with Gasteiger partial charge in [0.15, 0.2) is 5.96 Å². The maximum Gasteiger partial charge on any atom is 0.193 e. The molecule has 0 fully saturated rings. The van der Waals surface area contributed by atoms with E-state index in [1.807, 2.05) is 30.3 Å². The monoisotopic (exact) mass is 321 g/mol. The van der Waals surface area contributed by atoms with Crippen LogP contribution >= 0.6 is 0 Å². The van der Waals surface area contributed by atoms with Crippen LogP contribution in [0.3, 0.4) is 0 Å². The zero-order valence-corrected chi connectivity index (χ0v) is 14.1. The first kappa shape index (κ1) is 16.1. The molecule has 0 bridgehead atoms. The third kappa shape index (κ3) is 3.93. The van der Waals surface area contributed by atoms with Crippen LogP contribution in [0.1, 0.15) is 23.4 Å². The number of H-pyrrole nitrogens is 1. The molecule has 0 radical (unpaired) electrons. The molecule has 0 aliphatic carbocycles. The second-order valence-corrected chi connectivity index (χ2v) is 6.00. The zero-order chi connectivity index (χ0) is 16.9. The number of rotatable bonds is 5. The van der Waals surface area contributed by atoms with Gasteiger partial charge in [-0.15, -0.1) is 0 Å². The van der Waals surface area contributed by atoms with Crippen molar-refractivity contribution in [3.8, 4) is 0 Å². The average Bonchev–Trinajstić information content (AvgIpc) is 2.98. The van der Waals surface area contributed by atoms with Crippen LogP contribution < -0.4 is 11.1 Å². The number of para-hydroxylation sites is 2. The topological polar surface area (TPSA) is 79.1 Å². The predicted octanol–water partition coefficient (Wildman–Crippen LogP) is 3.54. The molecule has 3 aromatic rings. The molecular formula is C19H23N5. The Labute approximate surface area is 142 Å². The van der Waals surface area contributed by atoms with E-state index < -0.39 is 0 Å². The van der Waals surface area contributed by atoms with Crippen LogP contribution in [0, 0.1) is 13.8 Å². The number of hydrogen-bond donors (Lipinski definition) is 3. The molecule has 1 heterocycles. The van der Waals surface area contributed by atoms with Crippen LogP contribution in [0.15, 0.2) is 47.5 Å². The highest BCUT2D eigenvalue weighted by atomic mass is 15.1. The van der Waals surface area contributed by atoms with Gasteiger partial charge in [-0.05, 0) is 55.7 Å². The number of aryl methyl sites for hydroxylation is 3. The van der Waals surface area contributed by atoms with Crippen molar-refractivity contribution >= 4 is 22.7 Å². The van der Waals surface area contributed by atoms with E-state index in [0.717, 1.165) is 35.4 Å². The zero-order valence-electron chi connectivity index (χ0n) is 14.1. The summed E-state index contributed by atoms with van der Waals surface area (Å²) in [6.45, 7) is 4.84. The molecule has 3 rings (SSSR count). The van der Waals surface area contributed by atoms with Gasteiger partial charge in [-0.25, -0.2) is 4.98 Å². The summed E-state index contributed by atoms with van der Waals surface area (Å²) in [6, 6.07) is 14.2. The minimum Gasteiger partial charge on any atom is -0.370 e. The van der Waals surface area contributed by atoms with Crippen molar-refractivity contribution in [2.24, 2.45) is 10.7 Å². The first-order valence-electron chi connectivity index (χ1n) is 8.19. The summed E-state index contributed by atoms with van der Waals surface area (Å²) in [7, 11) is 0. The molecule has 0 saturated carbocycles. The number of hydrogen-bond acceptors (Lipinski definition) is 2. The van der Waals surface area contributed by atoms with E-state index in [9.17, 15) is 0 Å². The molecule has 24 heavy (non-hydrogen) atoms. The van der Waals surface area contributed by atoms with Gasteiger partial charge in [0.05, 0.1) is 11.0 Å². The SMILES string of the molecule is Cc1ccc(NC(N)=NCCCc2nc3ccccc3[nH]2)cc1C. The van der Waals surface area contributed by atoms with Gasteiger partial charge >= 0.3 is 0 Å². The van der Waals surface area contributed by atoms with Crippen molar-refractivity contribution in [1.29, 1.82) is 0 Å². The van der Waals surface area contributed by atoms with Gasteiger partial charge in [0.1, 0.15) is 5.82 Å². The van der Waals surface area contributed by atoms with Gasteiger partial charge in [-0.2, -0.15) is 0 Å². The molecule has 0 aliphatic rings. The Balaban J connectivity index is 1.50. The molecule has 0 unspecified atom stereocenters. The lowest BCUT2D eigenvalue weighted by atomic mass is 10.1. The van der Waals surface area contributed by atoms with Crippen LogP contribution in [0.4, 0.5) is 5.69 Å². The minimum atomic E-state index is 0.447. The van der Waals surface area contributed by atoms with Crippen molar-refractivity contribution < 1.29 is 0 Å². The smallest absolute Gasteiger partial charge is 0.193 e. The van der Waals surface area contributed by atoms with E-state index in [1.54, 1.807) is 0 Å². The van der Waals surface area contributed by atoms with E-state index in [-0.39, 0.29) is 0 Å². The summed E-state index contributed by atoms with van der Waals surface area (Å²) >= 11 is 0. The van der Waals surface area contributed by atoms with Crippen LogP contribution in [-0.4, -0.2) is 22.5 Å². The fourth-order valence-electron chi connectivity index (χ4n) is 2.58. The average molecular weight is 321 g/mol. The third-order valence-electron chi connectivity index (χ3n) is 4.07. The Hall–Kier alpha value is -2.82. The molecule has 1 aromatic heterocycles. The molecule has 0 aliphatic heterocycles. The number of imidazole rings is 1. The summed E-state index contributed by atoms with van der Waals surface area (Å²) in [4.78, 5) is 12.3. The highest BCUT2D eigenvalue weighted by Crippen LogP contribution is 2.14. The number of anilines is 1. The predicted molar refractivity (Wildman–Crippen MR) is 100 cm³/mol. The molecule has 0 atom stereocenters. The fourth-order valence-corrected chi connectivity index (χ4v) is 2.58. The molecular weight excluding hydrogens is 298 g/mol. The van der Waals surface area contributed by atoms with E-state index in [2.05, 4.69) is 46.3 Å². The highest BCUT2D eigenvalue weighted by Gasteiger charge is 2.02.